The van der Waals surface area contributed by atoms with Gasteiger partial charge in [0.05, 0.1) is 18.8 Å². The van der Waals surface area contributed by atoms with Crippen molar-refractivity contribution in [2.24, 2.45) is 0 Å². The zero-order valence-electron chi connectivity index (χ0n) is 16.0. The van der Waals surface area contributed by atoms with Gasteiger partial charge in [0.2, 0.25) is 0 Å². The number of ether oxygens (including phenoxy) is 1. The first-order valence-electron chi connectivity index (χ1n) is 9.40. The summed E-state index contributed by atoms with van der Waals surface area (Å²) >= 11 is 0. The number of benzene rings is 2. The van der Waals surface area contributed by atoms with Crippen molar-refractivity contribution >= 4 is 11.9 Å². The molecule has 7 nitrogen and oxygen atoms in total. The maximum Gasteiger partial charge on any atom is 0.356 e. The first-order valence-corrected chi connectivity index (χ1v) is 9.40. The average Bonchev–Trinajstić information content (AvgIpc) is 3.20. The molecule has 2 aromatic carbocycles. The molecule has 1 fully saturated rings. The zero-order valence-corrected chi connectivity index (χ0v) is 16.0. The minimum atomic E-state index is -1.17. The molecule has 1 aliphatic heterocycles. The SMILES string of the molecule is Cc1ccccc1[C@@H]1CN(C(=O)c2cc(C(=O)O)nn2-c2ccccc2)CCO1. The van der Waals surface area contributed by atoms with Crippen LogP contribution in [0.3, 0.4) is 0 Å². The highest BCUT2D eigenvalue weighted by Crippen LogP contribution is 2.26. The number of aromatic nitrogens is 2. The summed E-state index contributed by atoms with van der Waals surface area (Å²) < 4.78 is 7.30. The van der Waals surface area contributed by atoms with Gasteiger partial charge in [-0.25, -0.2) is 9.48 Å². The molecule has 1 amide bonds. The van der Waals surface area contributed by atoms with E-state index in [0.717, 1.165) is 11.1 Å². The highest BCUT2D eigenvalue weighted by atomic mass is 16.5. The number of carboxylic acids is 1. The molecule has 1 aliphatic rings. The lowest BCUT2D eigenvalue weighted by Crippen LogP contribution is -2.43. The summed E-state index contributed by atoms with van der Waals surface area (Å²) in [5.74, 6) is -1.44. The summed E-state index contributed by atoms with van der Waals surface area (Å²) in [6.07, 6.45) is -0.221. The molecule has 1 aromatic heterocycles. The van der Waals surface area contributed by atoms with Gasteiger partial charge in [-0.2, -0.15) is 5.10 Å². The number of morpholine rings is 1. The molecule has 0 bridgehead atoms. The smallest absolute Gasteiger partial charge is 0.356 e. The first-order chi connectivity index (χ1) is 14.0. The molecule has 1 N–H and O–H groups in total. The summed E-state index contributed by atoms with van der Waals surface area (Å²) in [6.45, 7) is 3.26. The van der Waals surface area contributed by atoms with Gasteiger partial charge in [-0.05, 0) is 30.2 Å². The first kappa shape index (κ1) is 18.9. The van der Waals surface area contributed by atoms with Gasteiger partial charge in [-0.15, -0.1) is 0 Å². The molecular formula is C22H21N3O4. The summed E-state index contributed by atoms with van der Waals surface area (Å²) in [5, 5.41) is 13.5. The van der Waals surface area contributed by atoms with Crippen LogP contribution in [0.2, 0.25) is 0 Å². The molecule has 0 spiro atoms. The van der Waals surface area contributed by atoms with E-state index in [1.165, 1.54) is 10.7 Å². The Morgan fingerprint density at radius 1 is 1.10 bits per heavy atom. The Bertz CT molecular complexity index is 1050. The second kappa shape index (κ2) is 7.89. The van der Waals surface area contributed by atoms with E-state index in [1.54, 1.807) is 17.0 Å². The Labute approximate surface area is 168 Å². The molecule has 29 heavy (non-hydrogen) atoms. The predicted octanol–water partition coefficient (Wildman–Crippen LogP) is 3.09. The van der Waals surface area contributed by atoms with Crippen molar-refractivity contribution in [1.29, 1.82) is 0 Å². The van der Waals surface area contributed by atoms with E-state index in [1.807, 2.05) is 49.4 Å². The Morgan fingerprint density at radius 2 is 1.83 bits per heavy atom. The minimum absolute atomic E-state index is 0.166. The van der Waals surface area contributed by atoms with E-state index in [-0.39, 0.29) is 23.4 Å². The van der Waals surface area contributed by atoms with Crippen LogP contribution in [-0.4, -0.2) is 51.4 Å². The van der Waals surface area contributed by atoms with Crippen molar-refractivity contribution in [3.63, 3.8) is 0 Å². The van der Waals surface area contributed by atoms with Gasteiger partial charge in [0, 0.05) is 12.6 Å². The third-order valence-electron chi connectivity index (χ3n) is 5.04. The fourth-order valence-corrected chi connectivity index (χ4v) is 3.54. The molecule has 1 atom stereocenters. The van der Waals surface area contributed by atoms with Gasteiger partial charge in [-0.1, -0.05) is 42.5 Å². The molecule has 0 radical (unpaired) electrons. The number of hydrogen-bond donors (Lipinski definition) is 1. The van der Waals surface area contributed by atoms with E-state index >= 15 is 0 Å². The van der Waals surface area contributed by atoms with Crippen molar-refractivity contribution in [3.8, 4) is 5.69 Å². The summed E-state index contributed by atoms with van der Waals surface area (Å²) in [4.78, 5) is 26.5. The normalized spacial score (nSPS) is 16.6. The lowest BCUT2D eigenvalue weighted by atomic mass is 10.0. The average molecular weight is 391 g/mol. The van der Waals surface area contributed by atoms with Crippen LogP contribution in [0.1, 0.15) is 38.2 Å². The molecule has 0 saturated carbocycles. The van der Waals surface area contributed by atoms with Crippen LogP contribution in [0.4, 0.5) is 0 Å². The zero-order chi connectivity index (χ0) is 20.4. The van der Waals surface area contributed by atoms with Crippen molar-refractivity contribution in [1.82, 2.24) is 14.7 Å². The molecular weight excluding hydrogens is 370 g/mol. The van der Waals surface area contributed by atoms with Gasteiger partial charge in [-0.3, -0.25) is 4.79 Å². The van der Waals surface area contributed by atoms with Gasteiger partial charge in [0.15, 0.2) is 5.69 Å². The molecule has 148 valence electrons. The third kappa shape index (κ3) is 3.77. The number of aromatic carboxylic acids is 1. The Hall–Kier alpha value is -3.45. The largest absolute Gasteiger partial charge is 0.476 e. The third-order valence-corrected chi connectivity index (χ3v) is 5.04. The van der Waals surface area contributed by atoms with Crippen molar-refractivity contribution in [2.45, 2.75) is 13.0 Å². The standard InChI is InChI=1S/C22H21N3O4/c1-15-7-5-6-10-17(15)20-14-24(11-12-29-20)21(26)19-13-18(22(27)28)23-25(19)16-8-3-2-4-9-16/h2-10,13,20H,11-12,14H2,1H3,(H,27,28)/t20-/m0/s1. The number of rotatable bonds is 4. The van der Waals surface area contributed by atoms with Crippen LogP contribution in [0, 0.1) is 6.92 Å². The highest BCUT2D eigenvalue weighted by Gasteiger charge is 2.30. The molecule has 4 rings (SSSR count). The van der Waals surface area contributed by atoms with Crippen molar-refractivity contribution in [2.75, 3.05) is 19.7 Å². The molecule has 1 saturated heterocycles. The number of aryl methyl sites for hydroxylation is 1. The number of carbonyl (C=O) groups excluding carboxylic acids is 1. The Kier molecular flexibility index (Phi) is 5.14. The van der Waals surface area contributed by atoms with Crippen LogP contribution in [-0.2, 0) is 4.74 Å². The topological polar surface area (TPSA) is 84.7 Å². The van der Waals surface area contributed by atoms with E-state index in [0.29, 0.717) is 25.4 Å². The van der Waals surface area contributed by atoms with Gasteiger partial charge in [0.25, 0.3) is 5.91 Å². The number of carboxylic acid groups (broad SMARTS) is 1. The molecule has 0 aliphatic carbocycles. The molecule has 0 unspecified atom stereocenters. The quantitative estimate of drug-likeness (QED) is 0.739. The van der Waals surface area contributed by atoms with Crippen LogP contribution in [0.25, 0.3) is 5.69 Å². The lowest BCUT2D eigenvalue weighted by Gasteiger charge is -2.33. The second-order valence-corrected chi connectivity index (χ2v) is 6.93. The van der Waals surface area contributed by atoms with Gasteiger partial charge in [0.1, 0.15) is 11.8 Å². The number of nitrogens with zero attached hydrogens (tertiary/aromatic N) is 3. The van der Waals surface area contributed by atoms with Gasteiger partial charge >= 0.3 is 5.97 Å². The number of carbonyl (C=O) groups is 2. The second-order valence-electron chi connectivity index (χ2n) is 6.93. The van der Waals surface area contributed by atoms with E-state index in [2.05, 4.69) is 5.10 Å². The van der Waals surface area contributed by atoms with E-state index in [9.17, 15) is 14.7 Å². The number of hydrogen-bond acceptors (Lipinski definition) is 4. The van der Waals surface area contributed by atoms with Crippen LogP contribution in [0.5, 0.6) is 0 Å². The van der Waals surface area contributed by atoms with Gasteiger partial charge < -0.3 is 14.7 Å². The van der Waals surface area contributed by atoms with Crippen LogP contribution >= 0.6 is 0 Å². The fourth-order valence-electron chi connectivity index (χ4n) is 3.54. The molecule has 2 heterocycles. The summed E-state index contributed by atoms with van der Waals surface area (Å²) in [7, 11) is 0. The fraction of sp³-hybridized carbons (Fsp3) is 0.227. The summed E-state index contributed by atoms with van der Waals surface area (Å²) in [6, 6.07) is 18.3. The predicted molar refractivity (Wildman–Crippen MR) is 106 cm³/mol. The lowest BCUT2D eigenvalue weighted by molar-refractivity contribution is -0.0233. The monoisotopic (exact) mass is 391 g/mol. The molecule has 3 aromatic rings. The van der Waals surface area contributed by atoms with Crippen LogP contribution < -0.4 is 0 Å². The van der Waals surface area contributed by atoms with Crippen LogP contribution in [0.15, 0.2) is 60.7 Å². The summed E-state index contributed by atoms with van der Waals surface area (Å²) in [5.41, 5.74) is 2.84. The maximum atomic E-state index is 13.3. The van der Waals surface area contributed by atoms with Crippen molar-refractivity contribution in [3.05, 3.63) is 83.2 Å². The number of amides is 1. The van der Waals surface area contributed by atoms with E-state index in [4.69, 9.17) is 4.74 Å². The highest BCUT2D eigenvalue weighted by molar-refractivity contribution is 5.96. The Balaban J connectivity index is 1.65. The van der Waals surface area contributed by atoms with E-state index < -0.39 is 5.97 Å². The number of para-hydroxylation sites is 1. The molecule has 7 heteroatoms. The maximum absolute atomic E-state index is 13.3. The minimum Gasteiger partial charge on any atom is -0.476 e. The Morgan fingerprint density at radius 3 is 2.55 bits per heavy atom. The van der Waals surface area contributed by atoms with Crippen molar-refractivity contribution < 1.29 is 19.4 Å².